The number of nitrogens with zero attached hydrogens (tertiary/aromatic N) is 3. The Labute approximate surface area is 187 Å². The van der Waals surface area contributed by atoms with E-state index in [1.165, 1.54) is 11.8 Å². The van der Waals surface area contributed by atoms with Gasteiger partial charge in [0.05, 0.1) is 28.3 Å². The summed E-state index contributed by atoms with van der Waals surface area (Å²) in [6, 6.07) is 16.5. The van der Waals surface area contributed by atoms with E-state index in [-0.39, 0.29) is 11.7 Å². The Kier molecular flexibility index (Phi) is 6.13. The van der Waals surface area contributed by atoms with Crippen LogP contribution >= 0.6 is 35.0 Å². The minimum Gasteiger partial charge on any atom is -0.469 e. The van der Waals surface area contributed by atoms with Gasteiger partial charge in [-0.15, -0.1) is 10.2 Å². The van der Waals surface area contributed by atoms with Crippen molar-refractivity contribution in [1.82, 2.24) is 14.8 Å². The summed E-state index contributed by atoms with van der Waals surface area (Å²) in [4.78, 5) is 12.5. The van der Waals surface area contributed by atoms with Crippen LogP contribution in [-0.4, -0.2) is 26.4 Å². The number of anilines is 1. The molecule has 0 atom stereocenters. The summed E-state index contributed by atoms with van der Waals surface area (Å²) in [7, 11) is 0. The number of nitrogens with one attached hydrogen (secondary N) is 1. The summed E-state index contributed by atoms with van der Waals surface area (Å²) in [6.45, 7) is 1.87. The highest BCUT2D eigenvalue weighted by Gasteiger charge is 2.19. The van der Waals surface area contributed by atoms with Crippen LogP contribution in [0.4, 0.5) is 5.69 Å². The zero-order valence-electron chi connectivity index (χ0n) is 15.8. The Balaban J connectivity index is 1.58. The van der Waals surface area contributed by atoms with Crippen LogP contribution < -0.4 is 5.32 Å². The van der Waals surface area contributed by atoms with Crippen LogP contribution in [0.5, 0.6) is 0 Å². The van der Waals surface area contributed by atoms with E-state index in [0.29, 0.717) is 26.7 Å². The molecule has 9 heteroatoms. The molecule has 0 saturated heterocycles. The van der Waals surface area contributed by atoms with Gasteiger partial charge >= 0.3 is 0 Å². The molecule has 0 aliphatic carbocycles. The summed E-state index contributed by atoms with van der Waals surface area (Å²) in [5, 5.41) is 12.9. The quantitative estimate of drug-likeness (QED) is 0.365. The number of carbonyl (C=O) groups excluding carboxylic acids is 1. The van der Waals surface area contributed by atoms with E-state index in [0.717, 1.165) is 17.0 Å². The van der Waals surface area contributed by atoms with Gasteiger partial charge in [0, 0.05) is 10.7 Å². The summed E-state index contributed by atoms with van der Waals surface area (Å²) >= 11 is 13.3. The zero-order valence-corrected chi connectivity index (χ0v) is 18.1. The second-order valence-corrected chi connectivity index (χ2v) is 8.11. The minimum absolute atomic E-state index is 0.133. The van der Waals surface area contributed by atoms with Crippen molar-refractivity contribution in [2.24, 2.45) is 0 Å². The minimum atomic E-state index is -0.215. The molecule has 0 fully saturated rings. The van der Waals surface area contributed by atoms with Gasteiger partial charge in [-0.05, 0) is 43.3 Å². The third-order valence-corrected chi connectivity index (χ3v) is 5.76. The van der Waals surface area contributed by atoms with Crippen molar-refractivity contribution in [3.8, 4) is 17.1 Å². The van der Waals surface area contributed by atoms with E-state index < -0.39 is 0 Å². The molecule has 0 aliphatic heterocycles. The Bertz CT molecular complexity index is 1190. The third-order valence-electron chi connectivity index (χ3n) is 4.29. The average Bonchev–Trinajstić information content (AvgIpc) is 3.35. The van der Waals surface area contributed by atoms with Crippen LogP contribution in [0.15, 0.2) is 70.4 Å². The number of hydrogen-bond donors (Lipinski definition) is 1. The molecule has 0 aliphatic rings. The van der Waals surface area contributed by atoms with Crippen molar-refractivity contribution in [3.05, 3.63) is 76.7 Å². The molecule has 1 amide bonds. The molecule has 0 radical (unpaired) electrons. The number of carbonyl (C=O) groups is 1. The van der Waals surface area contributed by atoms with Crippen LogP contribution in [0.25, 0.3) is 17.1 Å². The van der Waals surface area contributed by atoms with Crippen LogP contribution in [-0.2, 0) is 4.79 Å². The molecule has 0 bridgehead atoms. The number of hydrogen-bond acceptors (Lipinski definition) is 5. The van der Waals surface area contributed by atoms with Gasteiger partial charge in [0.1, 0.15) is 5.76 Å². The van der Waals surface area contributed by atoms with Crippen LogP contribution in [0.2, 0.25) is 10.0 Å². The first-order chi connectivity index (χ1) is 14.5. The Hall–Kier alpha value is -2.74. The smallest absolute Gasteiger partial charge is 0.234 e. The Morgan fingerprint density at radius 2 is 1.93 bits per heavy atom. The normalized spacial score (nSPS) is 10.9. The van der Waals surface area contributed by atoms with Crippen molar-refractivity contribution in [1.29, 1.82) is 0 Å². The summed E-state index contributed by atoms with van der Waals surface area (Å²) < 4.78 is 7.34. The van der Waals surface area contributed by atoms with Gasteiger partial charge in [0.25, 0.3) is 0 Å². The lowest BCUT2D eigenvalue weighted by Crippen LogP contribution is -2.15. The molecule has 2 heterocycles. The molecule has 0 saturated carbocycles. The number of amides is 1. The fraction of sp³-hybridized carbons (Fsp3) is 0.0952. The van der Waals surface area contributed by atoms with Crippen LogP contribution in [0.3, 0.4) is 0 Å². The number of halogens is 2. The maximum atomic E-state index is 12.5. The van der Waals surface area contributed by atoms with Gasteiger partial charge in [0.15, 0.2) is 11.0 Å². The second kappa shape index (κ2) is 8.95. The fourth-order valence-corrected chi connectivity index (χ4v) is 4.08. The number of furan rings is 1. The summed E-state index contributed by atoms with van der Waals surface area (Å²) in [5.41, 5.74) is 2.24. The SMILES string of the molecule is Cc1occc1-c1nnc(SCC(=O)Nc2ccc(Cl)cc2Cl)n1-c1ccccc1. The molecule has 0 unspecified atom stereocenters. The standard InChI is InChI=1S/C21H16Cl2N4O2S/c1-13-16(9-10-29-13)20-25-26-21(27(20)15-5-3-2-4-6-15)30-12-19(28)24-18-8-7-14(22)11-17(18)23/h2-11H,12H2,1H3,(H,24,28). The predicted molar refractivity (Wildman–Crippen MR) is 120 cm³/mol. The molecular formula is C21H16Cl2N4O2S. The first-order valence-electron chi connectivity index (χ1n) is 8.96. The highest BCUT2D eigenvalue weighted by molar-refractivity contribution is 7.99. The van der Waals surface area contributed by atoms with Crippen molar-refractivity contribution < 1.29 is 9.21 Å². The van der Waals surface area contributed by atoms with Crippen molar-refractivity contribution in [3.63, 3.8) is 0 Å². The lowest BCUT2D eigenvalue weighted by Gasteiger charge is -2.10. The molecule has 4 aromatic rings. The molecule has 0 spiro atoms. The number of benzene rings is 2. The van der Waals surface area contributed by atoms with Crippen molar-refractivity contribution in [2.75, 3.05) is 11.1 Å². The maximum absolute atomic E-state index is 12.5. The molecule has 2 aromatic carbocycles. The van der Waals surface area contributed by atoms with Gasteiger partial charge < -0.3 is 9.73 Å². The zero-order chi connectivity index (χ0) is 21.1. The molecule has 152 valence electrons. The number of aromatic nitrogens is 3. The average molecular weight is 459 g/mol. The number of thioether (sulfide) groups is 1. The number of aryl methyl sites for hydroxylation is 1. The molecule has 2 aromatic heterocycles. The van der Waals surface area contributed by atoms with Gasteiger partial charge in [-0.2, -0.15) is 0 Å². The molecule has 6 nitrogen and oxygen atoms in total. The van der Waals surface area contributed by atoms with Gasteiger partial charge in [-0.1, -0.05) is 53.2 Å². The molecule has 1 N–H and O–H groups in total. The molecular weight excluding hydrogens is 443 g/mol. The monoisotopic (exact) mass is 458 g/mol. The maximum Gasteiger partial charge on any atom is 0.234 e. The van der Waals surface area contributed by atoms with Crippen LogP contribution in [0, 0.1) is 6.92 Å². The van der Waals surface area contributed by atoms with E-state index in [4.69, 9.17) is 27.6 Å². The first kappa shape index (κ1) is 20.5. The van der Waals surface area contributed by atoms with E-state index >= 15 is 0 Å². The Morgan fingerprint density at radius 1 is 1.13 bits per heavy atom. The number of rotatable bonds is 6. The molecule has 4 rings (SSSR count). The van der Waals surface area contributed by atoms with E-state index in [9.17, 15) is 4.79 Å². The van der Waals surface area contributed by atoms with Crippen molar-refractivity contribution >= 4 is 46.6 Å². The van der Waals surface area contributed by atoms with Crippen molar-refractivity contribution in [2.45, 2.75) is 12.1 Å². The van der Waals surface area contributed by atoms with Gasteiger partial charge in [-0.25, -0.2) is 0 Å². The third kappa shape index (κ3) is 4.38. The fourth-order valence-electron chi connectivity index (χ4n) is 2.87. The van der Waals surface area contributed by atoms with Crippen LogP contribution in [0.1, 0.15) is 5.76 Å². The number of para-hydroxylation sites is 1. The highest BCUT2D eigenvalue weighted by Crippen LogP contribution is 2.30. The lowest BCUT2D eigenvalue weighted by molar-refractivity contribution is -0.113. The summed E-state index contributed by atoms with van der Waals surface area (Å²) in [5.74, 6) is 1.31. The lowest BCUT2D eigenvalue weighted by atomic mass is 10.2. The predicted octanol–water partition coefficient (Wildman–Crippen LogP) is 5.87. The van der Waals surface area contributed by atoms with E-state index in [2.05, 4.69) is 15.5 Å². The summed E-state index contributed by atoms with van der Waals surface area (Å²) in [6.07, 6.45) is 1.62. The Morgan fingerprint density at radius 3 is 2.63 bits per heavy atom. The van der Waals surface area contributed by atoms with E-state index in [1.807, 2.05) is 47.9 Å². The van der Waals surface area contributed by atoms with E-state index in [1.54, 1.807) is 24.5 Å². The molecule has 30 heavy (non-hydrogen) atoms. The largest absolute Gasteiger partial charge is 0.469 e. The van der Waals surface area contributed by atoms with Gasteiger partial charge in [0.2, 0.25) is 5.91 Å². The highest BCUT2D eigenvalue weighted by atomic mass is 35.5. The second-order valence-electron chi connectivity index (χ2n) is 6.33. The topological polar surface area (TPSA) is 72.9 Å². The van der Waals surface area contributed by atoms with Gasteiger partial charge in [-0.3, -0.25) is 9.36 Å². The first-order valence-corrected chi connectivity index (χ1v) is 10.7.